The first kappa shape index (κ1) is 19.3. The predicted octanol–water partition coefficient (Wildman–Crippen LogP) is 5.84. The van der Waals surface area contributed by atoms with E-state index in [1.807, 2.05) is 54.6 Å². The highest BCUT2D eigenvalue weighted by Gasteiger charge is 2.29. The van der Waals surface area contributed by atoms with Gasteiger partial charge in [0.05, 0.1) is 5.52 Å². The molecule has 4 nitrogen and oxygen atoms in total. The van der Waals surface area contributed by atoms with Crippen LogP contribution in [0.1, 0.15) is 41.3 Å². The Morgan fingerprint density at radius 1 is 0.839 bits per heavy atom. The van der Waals surface area contributed by atoms with Crippen molar-refractivity contribution >= 4 is 28.1 Å². The monoisotopic (exact) mass is 408 g/mol. The number of ketones is 1. The van der Waals surface area contributed by atoms with Crippen molar-refractivity contribution in [1.82, 2.24) is 4.57 Å². The van der Waals surface area contributed by atoms with Crippen molar-refractivity contribution in [3.63, 3.8) is 0 Å². The molecule has 0 amide bonds. The van der Waals surface area contributed by atoms with E-state index in [4.69, 9.17) is 0 Å². The molecule has 1 aliphatic carbocycles. The molecular formula is C27H24N2O2. The number of nitrogens with one attached hydrogen (secondary N) is 1. The van der Waals surface area contributed by atoms with Crippen LogP contribution in [0.25, 0.3) is 22.0 Å². The summed E-state index contributed by atoms with van der Waals surface area (Å²) in [6, 6.07) is 21.4. The van der Waals surface area contributed by atoms with Crippen LogP contribution in [0, 0.1) is 0 Å². The summed E-state index contributed by atoms with van der Waals surface area (Å²) >= 11 is 0. The third-order valence-corrected chi connectivity index (χ3v) is 6.15. The smallest absolute Gasteiger partial charge is 0.275 e. The highest BCUT2D eigenvalue weighted by atomic mass is 16.1. The van der Waals surface area contributed by atoms with E-state index in [0.717, 1.165) is 47.0 Å². The molecule has 0 radical (unpaired) electrons. The van der Waals surface area contributed by atoms with E-state index in [2.05, 4.69) is 24.4 Å². The molecule has 1 aliphatic rings. The van der Waals surface area contributed by atoms with Crippen LogP contribution in [0.15, 0.2) is 71.5 Å². The van der Waals surface area contributed by atoms with Crippen molar-refractivity contribution in [2.24, 2.45) is 7.05 Å². The van der Waals surface area contributed by atoms with Gasteiger partial charge in [0, 0.05) is 34.8 Å². The Morgan fingerprint density at radius 2 is 1.55 bits per heavy atom. The Hall–Kier alpha value is -3.66. The summed E-state index contributed by atoms with van der Waals surface area (Å²) in [6.45, 7) is 2.19. The number of unbranched alkanes of at least 4 members (excludes halogenated alkanes) is 1. The number of nitrogens with zero attached hydrogens (tertiary/aromatic N) is 1. The molecule has 0 bridgehead atoms. The van der Waals surface area contributed by atoms with Gasteiger partial charge in [-0.25, -0.2) is 0 Å². The zero-order chi connectivity index (χ0) is 21.5. The van der Waals surface area contributed by atoms with E-state index in [1.54, 1.807) is 11.6 Å². The number of anilines is 2. The van der Waals surface area contributed by atoms with Gasteiger partial charge in [0.15, 0.2) is 5.78 Å². The van der Waals surface area contributed by atoms with Crippen LogP contribution in [0.3, 0.4) is 0 Å². The Kier molecular flexibility index (Phi) is 4.70. The van der Waals surface area contributed by atoms with Crippen LogP contribution in [0.5, 0.6) is 0 Å². The lowest BCUT2D eigenvalue weighted by Gasteiger charge is -2.24. The number of aryl methyl sites for hydroxylation is 2. The van der Waals surface area contributed by atoms with Crippen molar-refractivity contribution in [3.05, 3.63) is 93.8 Å². The van der Waals surface area contributed by atoms with Gasteiger partial charge >= 0.3 is 0 Å². The number of rotatable bonds is 5. The van der Waals surface area contributed by atoms with Crippen LogP contribution in [-0.2, 0) is 13.5 Å². The normalized spacial score (nSPS) is 12.1. The lowest BCUT2D eigenvalue weighted by Crippen LogP contribution is -2.24. The van der Waals surface area contributed by atoms with Gasteiger partial charge in [0.25, 0.3) is 5.56 Å². The average molecular weight is 409 g/mol. The fraction of sp³-hybridized carbons (Fsp3) is 0.185. The molecule has 5 rings (SSSR count). The first-order chi connectivity index (χ1) is 15.1. The topological polar surface area (TPSA) is 51.1 Å². The van der Waals surface area contributed by atoms with Gasteiger partial charge in [-0.2, -0.15) is 0 Å². The van der Waals surface area contributed by atoms with E-state index >= 15 is 0 Å². The largest absolute Gasteiger partial charge is 0.350 e. The number of hydrogen-bond donors (Lipinski definition) is 1. The average Bonchev–Trinajstić information content (AvgIpc) is 2.81. The molecule has 0 unspecified atom stereocenters. The molecule has 0 aliphatic heterocycles. The molecule has 0 saturated heterocycles. The van der Waals surface area contributed by atoms with Gasteiger partial charge in [-0.1, -0.05) is 61.9 Å². The van der Waals surface area contributed by atoms with Gasteiger partial charge in [0.1, 0.15) is 5.69 Å². The van der Waals surface area contributed by atoms with Gasteiger partial charge in [-0.05, 0) is 42.2 Å². The molecule has 1 aromatic heterocycles. The molecule has 0 saturated carbocycles. The van der Waals surface area contributed by atoms with Gasteiger partial charge in [-0.3, -0.25) is 9.59 Å². The van der Waals surface area contributed by atoms with Crippen molar-refractivity contribution in [3.8, 4) is 11.1 Å². The quantitative estimate of drug-likeness (QED) is 0.398. The summed E-state index contributed by atoms with van der Waals surface area (Å²) in [5.74, 6) is -0.00132. The van der Waals surface area contributed by atoms with Crippen molar-refractivity contribution in [2.75, 3.05) is 5.32 Å². The van der Waals surface area contributed by atoms with Crippen molar-refractivity contribution < 1.29 is 4.79 Å². The number of carbonyl (C=O) groups is 1. The van der Waals surface area contributed by atoms with Crippen LogP contribution >= 0.6 is 0 Å². The Morgan fingerprint density at radius 3 is 2.29 bits per heavy atom. The molecule has 1 N–H and O–H groups in total. The number of fused-ring (bicyclic) bond motifs is 2. The molecule has 0 atom stereocenters. The van der Waals surface area contributed by atoms with Crippen molar-refractivity contribution in [1.29, 1.82) is 0 Å². The molecule has 154 valence electrons. The number of aromatic nitrogens is 1. The fourth-order valence-corrected chi connectivity index (χ4v) is 4.49. The highest BCUT2D eigenvalue weighted by Crippen LogP contribution is 2.42. The van der Waals surface area contributed by atoms with E-state index in [1.165, 1.54) is 5.56 Å². The summed E-state index contributed by atoms with van der Waals surface area (Å²) < 4.78 is 1.63. The molecule has 3 aromatic carbocycles. The summed E-state index contributed by atoms with van der Waals surface area (Å²) in [6.07, 6.45) is 3.38. The van der Waals surface area contributed by atoms with Crippen molar-refractivity contribution in [2.45, 2.75) is 26.2 Å². The molecule has 0 spiro atoms. The first-order valence-corrected chi connectivity index (χ1v) is 10.8. The summed E-state index contributed by atoms with van der Waals surface area (Å²) in [4.78, 5) is 26.6. The van der Waals surface area contributed by atoms with Gasteiger partial charge in [0.2, 0.25) is 0 Å². The molecule has 1 heterocycles. The lowest BCUT2D eigenvalue weighted by atomic mass is 9.83. The van der Waals surface area contributed by atoms with E-state index < -0.39 is 0 Å². The Bertz CT molecular complexity index is 1380. The minimum Gasteiger partial charge on any atom is -0.350 e. The second-order valence-corrected chi connectivity index (χ2v) is 8.11. The molecule has 0 fully saturated rings. The number of pyridine rings is 1. The van der Waals surface area contributed by atoms with Gasteiger partial charge < -0.3 is 9.88 Å². The molecule has 4 heteroatoms. The molecule has 31 heavy (non-hydrogen) atoms. The summed E-state index contributed by atoms with van der Waals surface area (Å²) in [5, 5.41) is 4.21. The first-order valence-electron chi connectivity index (χ1n) is 10.8. The summed E-state index contributed by atoms with van der Waals surface area (Å²) in [7, 11) is 1.76. The SMILES string of the molecule is CCCCc1ccc(Nc2c3c4c(cccc4n(C)c2=O)C(=O)c2ccccc2-3)cc1. The number of benzene rings is 3. The van der Waals surface area contributed by atoms with E-state index in [9.17, 15) is 9.59 Å². The zero-order valence-corrected chi connectivity index (χ0v) is 17.7. The van der Waals surface area contributed by atoms with Crippen LogP contribution in [-0.4, -0.2) is 10.4 Å². The minimum atomic E-state index is -0.112. The third kappa shape index (κ3) is 3.07. The van der Waals surface area contributed by atoms with E-state index in [0.29, 0.717) is 16.8 Å². The molecular weight excluding hydrogens is 384 g/mol. The predicted molar refractivity (Wildman–Crippen MR) is 126 cm³/mol. The van der Waals surface area contributed by atoms with Crippen LogP contribution in [0.4, 0.5) is 11.4 Å². The van der Waals surface area contributed by atoms with Gasteiger partial charge in [-0.15, -0.1) is 0 Å². The maximum absolute atomic E-state index is 13.4. The second-order valence-electron chi connectivity index (χ2n) is 8.11. The lowest BCUT2D eigenvalue weighted by molar-refractivity contribution is 0.104. The third-order valence-electron chi connectivity index (χ3n) is 6.15. The van der Waals surface area contributed by atoms with Crippen LogP contribution < -0.4 is 10.9 Å². The standard InChI is InChI=1S/C27H24N2O2/c1-3-4-8-17-13-15-18(16-14-17)28-25-24-19-9-5-6-10-20(19)26(30)21-11-7-12-22(23(21)24)29(2)27(25)31/h5-7,9-16,28H,3-4,8H2,1-2H3. The second kappa shape index (κ2) is 7.55. The highest BCUT2D eigenvalue weighted by molar-refractivity contribution is 6.27. The number of hydrogen-bond acceptors (Lipinski definition) is 3. The van der Waals surface area contributed by atoms with Crippen LogP contribution in [0.2, 0.25) is 0 Å². The minimum absolute atomic E-state index is 0.00132. The fourth-order valence-electron chi connectivity index (χ4n) is 4.49. The Labute approximate surface area is 181 Å². The Balaban J connectivity index is 1.73. The maximum Gasteiger partial charge on any atom is 0.275 e. The van der Waals surface area contributed by atoms with E-state index in [-0.39, 0.29) is 11.3 Å². The maximum atomic E-state index is 13.4. The zero-order valence-electron chi connectivity index (χ0n) is 17.7. The summed E-state index contributed by atoms with van der Waals surface area (Å²) in [5.41, 5.74) is 6.19. The molecule has 4 aromatic rings. The number of carbonyl (C=O) groups excluding carboxylic acids is 1.